The van der Waals surface area contributed by atoms with E-state index in [1.165, 1.54) is 4.88 Å². The van der Waals surface area contributed by atoms with Crippen LogP contribution in [0.2, 0.25) is 0 Å². The second-order valence-electron chi connectivity index (χ2n) is 6.50. The van der Waals surface area contributed by atoms with Gasteiger partial charge in [0.2, 0.25) is 0 Å². The Hall–Kier alpha value is -1.14. The summed E-state index contributed by atoms with van der Waals surface area (Å²) in [4.78, 5) is 17.5. The third-order valence-electron chi connectivity index (χ3n) is 3.05. The van der Waals surface area contributed by atoms with E-state index in [9.17, 15) is 9.90 Å². The zero-order valence-corrected chi connectivity index (χ0v) is 14.4. The van der Waals surface area contributed by atoms with Gasteiger partial charge in [0.25, 0.3) is 0 Å². The molecule has 0 bridgehead atoms. The number of hydrogen-bond acceptors (Lipinski definition) is 4. The molecule has 1 aromatic rings. The largest absolute Gasteiger partial charge is 0.394 e. The predicted octanol–water partition coefficient (Wildman–Crippen LogP) is 2.86. The maximum Gasteiger partial charge on any atom is 0.315 e. The molecule has 21 heavy (non-hydrogen) atoms. The van der Waals surface area contributed by atoms with E-state index in [1.807, 2.05) is 13.1 Å². The Labute approximate surface area is 131 Å². The summed E-state index contributed by atoms with van der Waals surface area (Å²) in [6, 6.07) is -0.636. The van der Waals surface area contributed by atoms with Gasteiger partial charge in [-0.1, -0.05) is 27.7 Å². The van der Waals surface area contributed by atoms with Crippen LogP contribution in [-0.2, 0) is 6.42 Å². The first-order chi connectivity index (χ1) is 9.75. The average Bonchev–Trinajstić information content (AvgIpc) is 2.84. The van der Waals surface area contributed by atoms with E-state index in [-0.39, 0.29) is 30.1 Å². The van der Waals surface area contributed by atoms with Gasteiger partial charge in [-0.25, -0.2) is 9.78 Å². The number of aliphatic hydroxyl groups is 1. The Morgan fingerprint density at radius 1 is 1.43 bits per heavy atom. The standard InChI is InChI=1S/C15H27N3O2S/c1-6-12-8-16-13(21-12)10(2)17-14(20)18-11(9-19)7-15(3,4)5/h8,10-11,19H,6-7,9H2,1-5H3,(H2,17,18,20). The first-order valence-electron chi connectivity index (χ1n) is 7.37. The number of urea groups is 1. The Kier molecular flexibility index (Phi) is 6.61. The Morgan fingerprint density at radius 2 is 2.10 bits per heavy atom. The highest BCUT2D eigenvalue weighted by molar-refractivity contribution is 7.11. The summed E-state index contributed by atoms with van der Waals surface area (Å²) in [5.41, 5.74) is 0.0532. The number of carbonyl (C=O) groups is 1. The summed E-state index contributed by atoms with van der Waals surface area (Å²) in [5.74, 6) is 0. The highest BCUT2D eigenvalue weighted by atomic mass is 32.1. The van der Waals surface area contributed by atoms with Gasteiger partial charge >= 0.3 is 6.03 Å². The molecule has 1 heterocycles. The molecule has 1 rings (SSSR count). The zero-order chi connectivity index (χ0) is 16.0. The molecule has 0 aliphatic rings. The van der Waals surface area contributed by atoms with Gasteiger partial charge in [0.05, 0.1) is 18.7 Å². The van der Waals surface area contributed by atoms with Crippen molar-refractivity contribution in [1.29, 1.82) is 0 Å². The van der Waals surface area contributed by atoms with E-state index in [0.717, 1.165) is 17.8 Å². The lowest BCUT2D eigenvalue weighted by molar-refractivity contribution is 0.189. The van der Waals surface area contributed by atoms with Gasteiger partial charge < -0.3 is 15.7 Å². The molecular weight excluding hydrogens is 286 g/mol. The summed E-state index contributed by atoms with van der Waals surface area (Å²) >= 11 is 1.61. The highest BCUT2D eigenvalue weighted by Crippen LogP contribution is 2.21. The molecule has 2 amide bonds. The molecule has 2 atom stereocenters. The molecule has 6 heteroatoms. The maximum absolute atomic E-state index is 12.0. The van der Waals surface area contributed by atoms with Crippen molar-refractivity contribution in [3.63, 3.8) is 0 Å². The van der Waals surface area contributed by atoms with E-state index in [4.69, 9.17) is 0 Å². The monoisotopic (exact) mass is 313 g/mol. The van der Waals surface area contributed by atoms with Gasteiger partial charge in [0.15, 0.2) is 0 Å². The third-order valence-corrected chi connectivity index (χ3v) is 4.38. The van der Waals surface area contributed by atoms with Gasteiger partial charge in [-0.2, -0.15) is 0 Å². The number of amides is 2. The van der Waals surface area contributed by atoms with Crippen LogP contribution in [0.25, 0.3) is 0 Å². The number of aliphatic hydroxyl groups excluding tert-OH is 1. The second kappa shape index (κ2) is 7.75. The Morgan fingerprint density at radius 3 is 2.57 bits per heavy atom. The molecule has 0 saturated carbocycles. The van der Waals surface area contributed by atoms with Gasteiger partial charge in [0, 0.05) is 11.1 Å². The molecule has 5 nitrogen and oxygen atoms in total. The second-order valence-corrected chi connectivity index (χ2v) is 7.65. The van der Waals surface area contributed by atoms with E-state index in [0.29, 0.717) is 0 Å². The van der Waals surface area contributed by atoms with Crippen LogP contribution in [0.4, 0.5) is 4.79 Å². The summed E-state index contributed by atoms with van der Waals surface area (Å²) < 4.78 is 0. The van der Waals surface area contributed by atoms with Crippen LogP contribution in [-0.4, -0.2) is 28.8 Å². The SMILES string of the molecule is CCc1cnc(C(C)NC(=O)NC(CO)CC(C)(C)C)s1. The molecule has 0 spiro atoms. The van der Waals surface area contributed by atoms with Crippen LogP contribution in [0.15, 0.2) is 6.20 Å². The fourth-order valence-corrected chi connectivity index (χ4v) is 2.93. The van der Waals surface area contributed by atoms with Gasteiger partial charge in [-0.3, -0.25) is 0 Å². The first-order valence-corrected chi connectivity index (χ1v) is 8.19. The fourth-order valence-electron chi connectivity index (χ4n) is 2.07. The van der Waals surface area contributed by atoms with Crippen molar-refractivity contribution < 1.29 is 9.90 Å². The summed E-state index contributed by atoms with van der Waals surface area (Å²) in [7, 11) is 0. The summed E-state index contributed by atoms with van der Waals surface area (Å²) in [5, 5.41) is 16.0. The minimum Gasteiger partial charge on any atom is -0.394 e. The number of nitrogens with zero attached hydrogens (tertiary/aromatic N) is 1. The number of thiazole rings is 1. The van der Waals surface area contributed by atoms with Crippen molar-refractivity contribution in [2.75, 3.05) is 6.61 Å². The molecule has 0 aliphatic carbocycles. The maximum atomic E-state index is 12.0. The van der Waals surface area contributed by atoms with Crippen molar-refractivity contribution in [2.24, 2.45) is 5.41 Å². The minimum absolute atomic E-state index is 0.0532. The number of aromatic nitrogens is 1. The van der Waals surface area contributed by atoms with Crippen molar-refractivity contribution in [2.45, 2.75) is 59.5 Å². The third kappa shape index (κ3) is 6.44. The molecule has 1 aromatic heterocycles. The minimum atomic E-state index is -0.265. The molecule has 0 aliphatic heterocycles. The van der Waals surface area contributed by atoms with Gasteiger partial charge in [-0.15, -0.1) is 11.3 Å². The van der Waals surface area contributed by atoms with Crippen LogP contribution in [0, 0.1) is 5.41 Å². The van der Waals surface area contributed by atoms with Crippen molar-refractivity contribution >= 4 is 17.4 Å². The van der Waals surface area contributed by atoms with Crippen LogP contribution in [0.1, 0.15) is 57.0 Å². The number of aryl methyl sites for hydroxylation is 1. The number of carbonyl (C=O) groups excluding carboxylic acids is 1. The summed E-state index contributed by atoms with van der Waals surface area (Å²) in [6.07, 6.45) is 3.53. The molecule has 3 N–H and O–H groups in total. The molecule has 2 unspecified atom stereocenters. The normalized spacial score (nSPS) is 14.6. The van der Waals surface area contributed by atoms with Crippen molar-refractivity contribution in [1.82, 2.24) is 15.6 Å². The highest BCUT2D eigenvalue weighted by Gasteiger charge is 2.21. The van der Waals surface area contributed by atoms with Crippen LogP contribution >= 0.6 is 11.3 Å². The first kappa shape index (κ1) is 17.9. The predicted molar refractivity (Wildman–Crippen MR) is 86.5 cm³/mol. The van der Waals surface area contributed by atoms with Crippen molar-refractivity contribution in [3.8, 4) is 0 Å². The lowest BCUT2D eigenvalue weighted by Gasteiger charge is -2.26. The quantitative estimate of drug-likeness (QED) is 0.756. The molecule has 0 radical (unpaired) electrons. The van der Waals surface area contributed by atoms with Gasteiger partial charge in [0.1, 0.15) is 5.01 Å². The van der Waals surface area contributed by atoms with Gasteiger partial charge in [-0.05, 0) is 25.2 Å². The Balaban J connectivity index is 2.51. The van der Waals surface area contributed by atoms with E-state index < -0.39 is 0 Å². The smallest absolute Gasteiger partial charge is 0.315 e. The molecule has 0 aromatic carbocycles. The van der Waals surface area contributed by atoms with E-state index >= 15 is 0 Å². The average molecular weight is 313 g/mol. The lowest BCUT2D eigenvalue weighted by atomic mass is 9.88. The molecule has 0 saturated heterocycles. The van der Waals surface area contributed by atoms with Crippen LogP contribution in [0.5, 0.6) is 0 Å². The number of hydrogen-bond donors (Lipinski definition) is 3. The molecule has 120 valence electrons. The number of rotatable bonds is 6. The Bertz CT molecular complexity index is 454. The lowest BCUT2D eigenvalue weighted by Crippen LogP contribution is -2.45. The van der Waals surface area contributed by atoms with Crippen molar-refractivity contribution in [3.05, 3.63) is 16.1 Å². The molecule has 0 fully saturated rings. The van der Waals surface area contributed by atoms with Crippen LogP contribution in [0.3, 0.4) is 0 Å². The number of nitrogens with one attached hydrogen (secondary N) is 2. The van der Waals surface area contributed by atoms with E-state index in [1.54, 1.807) is 11.3 Å². The topological polar surface area (TPSA) is 74.2 Å². The molecular formula is C15H27N3O2S. The fraction of sp³-hybridized carbons (Fsp3) is 0.733. The van der Waals surface area contributed by atoms with Crippen LogP contribution < -0.4 is 10.6 Å². The zero-order valence-electron chi connectivity index (χ0n) is 13.6. The summed E-state index contributed by atoms with van der Waals surface area (Å²) in [6.45, 7) is 10.2. The van der Waals surface area contributed by atoms with E-state index in [2.05, 4.69) is 43.3 Å².